The highest BCUT2D eigenvalue weighted by Crippen LogP contribution is 2.30. The number of nitrogens with one attached hydrogen (secondary N) is 1. The lowest BCUT2D eigenvalue weighted by atomic mass is 10.1. The molecule has 0 radical (unpaired) electrons. The fourth-order valence-electron chi connectivity index (χ4n) is 3.08. The van der Waals surface area contributed by atoms with Gasteiger partial charge >= 0.3 is 6.03 Å². The summed E-state index contributed by atoms with van der Waals surface area (Å²) < 4.78 is 11.6. The predicted molar refractivity (Wildman–Crippen MR) is 112 cm³/mol. The zero-order chi connectivity index (χ0) is 21.5. The van der Waals surface area contributed by atoms with Gasteiger partial charge in [-0.05, 0) is 43.2 Å². The molecule has 0 aliphatic carbocycles. The number of amides is 3. The molecule has 0 aromatic heterocycles. The van der Waals surface area contributed by atoms with Crippen molar-refractivity contribution in [3.05, 3.63) is 64.9 Å². The summed E-state index contributed by atoms with van der Waals surface area (Å²) in [6.45, 7) is 4.81. The lowest BCUT2D eigenvalue weighted by molar-refractivity contribution is -0.122. The van der Waals surface area contributed by atoms with E-state index in [0.29, 0.717) is 42.2 Å². The number of hydrogen-bond acceptors (Lipinski definition) is 5. The van der Waals surface area contributed by atoms with Crippen molar-refractivity contribution in [2.45, 2.75) is 26.9 Å². The first-order valence-corrected chi connectivity index (χ1v) is 9.79. The summed E-state index contributed by atoms with van der Waals surface area (Å²) in [7, 11) is 0. The van der Waals surface area contributed by atoms with E-state index < -0.39 is 6.03 Å². The highest BCUT2D eigenvalue weighted by Gasteiger charge is 2.32. The van der Waals surface area contributed by atoms with Gasteiger partial charge in [-0.1, -0.05) is 31.2 Å². The molecule has 1 aliphatic rings. The molecule has 1 heterocycles. The highest BCUT2D eigenvalue weighted by molar-refractivity contribution is 6.13. The van der Waals surface area contributed by atoms with Crippen LogP contribution in [0.25, 0.3) is 6.08 Å². The maximum atomic E-state index is 12.4. The van der Waals surface area contributed by atoms with Crippen molar-refractivity contribution in [2.24, 2.45) is 0 Å². The van der Waals surface area contributed by atoms with Gasteiger partial charge in [0.25, 0.3) is 5.91 Å². The van der Waals surface area contributed by atoms with Crippen LogP contribution in [-0.2, 0) is 11.4 Å². The number of hydrogen-bond donors (Lipinski definition) is 1. The highest BCUT2D eigenvalue weighted by atomic mass is 16.5. The number of nitrogens with zero attached hydrogens (tertiary/aromatic N) is 2. The van der Waals surface area contributed by atoms with E-state index in [4.69, 9.17) is 9.47 Å². The Morgan fingerprint density at radius 3 is 2.63 bits per heavy atom. The van der Waals surface area contributed by atoms with E-state index in [1.165, 1.54) is 4.90 Å². The van der Waals surface area contributed by atoms with E-state index in [1.807, 2.05) is 26.0 Å². The summed E-state index contributed by atoms with van der Waals surface area (Å²) in [5, 5.41) is 11.8. The molecule has 2 aromatic rings. The molecular formula is C23H23N3O4. The Bertz CT molecular complexity index is 1020. The third kappa shape index (κ3) is 4.61. The van der Waals surface area contributed by atoms with Crippen LogP contribution in [0, 0.1) is 11.3 Å². The topological polar surface area (TPSA) is 91.7 Å². The Balaban J connectivity index is 1.81. The van der Waals surface area contributed by atoms with Gasteiger partial charge in [0.1, 0.15) is 12.3 Å². The van der Waals surface area contributed by atoms with Crippen molar-refractivity contribution in [3.63, 3.8) is 0 Å². The fraction of sp³-hybridized carbons (Fsp3) is 0.261. The first-order valence-electron chi connectivity index (χ1n) is 9.79. The molecule has 154 valence electrons. The SMILES string of the molecule is CCCN1C(=O)N/C(=C/c2ccc(OCc3ccccc3C#N)c(OCC)c2)C1=O. The van der Waals surface area contributed by atoms with Gasteiger partial charge in [-0.25, -0.2) is 4.79 Å². The molecule has 7 nitrogen and oxygen atoms in total. The molecule has 0 atom stereocenters. The number of carbonyl (C=O) groups excluding carboxylic acids is 2. The first kappa shape index (κ1) is 20.9. The summed E-state index contributed by atoms with van der Waals surface area (Å²) in [6, 6.07) is 14.3. The van der Waals surface area contributed by atoms with Crippen LogP contribution < -0.4 is 14.8 Å². The van der Waals surface area contributed by atoms with Crippen LogP contribution in [0.15, 0.2) is 48.2 Å². The van der Waals surface area contributed by atoms with Crippen molar-refractivity contribution in [2.75, 3.05) is 13.2 Å². The Morgan fingerprint density at radius 1 is 1.10 bits per heavy atom. The second-order valence-electron chi connectivity index (χ2n) is 6.64. The standard InChI is InChI=1S/C23H23N3O4/c1-3-11-26-22(27)19(25-23(26)28)12-16-9-10-20(21(13-16)29-4-2)30-15-18-8-6-5-7-17(18)14-24/h5-10,12-13H,3-4,11,15H2,1-2H3,(H,25,28)/b19-12+. The summed E-state index contributed by atoms with van der Waals surface area (Å²) in [6.07, 6.45) is 2.31. The van der Waals surface area contributed by atoms with Crippen LogP contribution in [0.4, 0.5) is 4.79 Å². The van der Waals surface area contributed by atoms with E-state index in [9.17, 15) is 14.9 Å². The van der Waals surface area contributed by atoms with E-state index >= 15 is 0 Å². The minimum absolute atomic E-state index is 0.227. The quantitative estimate of drug-likeness (QED) is 0.532. The average Bonchev–Trinajstić information content (AvgIpc) is 3.01. The molecule has 0 saturated carbocycles. The minimum Gasteiger partial charge on any atom is -0.490 e. The molecule has 3 amide bonds. The van der Waals surface area contributed by atoms with E-state index in [-0.39, 0.29) is 18.2 Å². The fourth-order valence-corrected chi connectivity index (χ4v) is 3.08. The van der Waals surface area contributed by atoms with Gasteiger partial charge < -0.3 is 14.8 Å². The molecule has 0 spiro atoms. The number of nitriles is 1. The third-order valence-electron chi connectivity index (χ3n) is 4.51. The Labute approximate surface area is 175 Å². The lowest BCUT2D eigenvalue weighted by Crippen LogP contribution is -2.31. The molecule has 1 saturated heterocycles. The third-order valence-corrected chi connectivity index (χ3v) is 4.51. The largest absolute Gasteiger partial charge is 0.490 e. The zero-order valence-corrected chi connectivity index (χ0v) is 17.0. The first-order chi connectivity index (χ1) is 14.6. The number of rotatable bonds is 8. The molecule has 1 N–H and O–H groups in total. The summed E-state index contributed by atoms with van der Waals surface area (Å²) in [5.74, 6) is 0.706. The molecule has 1 aliphatic heterocycles. The van der Waals surface area contributed by atoms with Crippen LogP contribution in [0.1, 0.15) is 37.0 Å². The van der Waals surface area contributed by atoms with Crippen molar-refractivity contribution >= 4 is 18.0 Å². The number of urea groups is 1. The van der Waals surface area contributed by atoms with Gasteiger partial charge in [0, 0.05) is 12.1 Å². The van der Waals surface area contributed by atoms with Crippen LogP contribution in [0.3, 0.4) is 0 Å². The summed E-state index contributed by atoms with van der Waals surface area (Å²) in [5.41, 5.74) is 2.27. The smallest absolute Gasteiger partial charge is 0.329 e. The van der Waals surface area contributed by atoms with Gasteiger partial charge in [-0.2, -0.15) is 5.26 Å². The maximum absolute atomic E-state index is 12.4. The van der Waals surface area contributed by atoms with Gasteiger partial charge in [0.05, 0.1) is 18.2 Å². The van der Waals surface area contributed by atoms with Crippen molar-refractivity contribution in [3.8, 4) is 17.6 Å². The Kier molecular flexibility index (Phi) is 6.71. The second-order valence-corrected chi connectivity index (χ2v) is 6.64. The van der Waals surface area contributed by atoms with E-state index in [1.54, 1.807) is 36.4 Å². The molecular weight excluding hydrogens is 382 g/mol. The molecule has 2 aromatic carbocycles. The summed E-state index contributed by atoms with van der Waals surface area (Å²) >= 11 is 0. The Morgan fingerprint density at radius 2 is 1.90 bits per heavy atom. The zero-order valence-electron chi connectivity index (χ0n) is 17.0. The van der Waals surface area contributed by atoms with Gasteiger partial charge in [0.2, 0.25) is 0 Å². The molecule has 0 bridgehead atoms. The Hall–Kier alpha value is -3.79. The van der Waals surface area contributed by atoms with E-state index in [2.05, 4.69) is 11.4 Å². The second kappa shape index (κ2) is 9.61. The minimum atomic E-state index is -0.408. The van der Waals surface area contributed by atoms with Crippen LogP contribution in [0.5, 0.6) is 11.5 Å². The van der Waals surface area contributed by atoms with Gasteiger partial charge in [-0.3, -0.25) is 9.69 Å². The molecule has 1 fully saturated rings. The number of benzene rings is 2. The monoisotopic (exact) mass is 405 g/mol. The molecule has 7 heteroatoms. The van der Waals surface area contributed by atoms with Gasteiger partial charge in [0.15, 0.2) is 11.5 Å². The lowest BCUT2D eigenvalue weighted by Gasteiger charge is -2.13. The number of imide groups is 1. The summed E-state index contributed by atoms with van der Waals surface area (Å²) in [4.78, 5) is 25.5. The van der Waals surface area contributed by atoms with Gasteiger partial charge in [-0.15, -0.1) is 0 Å². The number of carbonyl (C=O) groups is 2. The molecule has 3 rings (SSSR count). The number of ether oxygens (including phenoxy) is 2. The normalized spacial score (nSPS) is 14.6. The molecule has 0 unspecified atom stereocenters. The van der Waals surface area contributed by atoms with Crippen molar-refractivity contribution < 1.29 is 19.1 Å². The van der Waals surface area contributed by atoms with Crippen molar-refractivity contribution in [1.82, 2.24) is 10.2 Å². The average molecular weight is 405 g/mol. The van der Waals surface area contributed by atoms with E-state index in [0.717, 1.165) is 5.56 Å². The van der Waals surface area contributed by atoms with Crippen molar-refractivity contribution in [1.29, 1.82) is 5.26 Å². The predicted octanol–water partition coefficient (Wildman–Crippen LogP) is 3.84. The van der Waals surface area contributed by atoms with Crippen LogP contribution in [-0.4, -0.2) is 30.0 Å². The maximum Gasteiger partial charge on any atom is 0.329 e. The van der Waals surface area contributed by atoms with Crippen LogP contribution in [0.2, 0.25) is 0 Å². The van der Waals surface area contributed by atoms with Crippen LogP contribution >= 0.6 is 0 Å². The molecule has 30 heavy (non-hydrogen) atoms.